The molecule has 3 N–H and O–H groups in total. The second-order valence-electron chi connectivity index (χ2n) is 15.1. The van der Waals surface area contributed by atoms with Gasteiger partial charge in [-0.15, -0.1) is 4.99 Å². The van der Waals surface area contributed by atoms with Crippen molar-refractivity contribution in [3.8, 4) is 5.75 Å². The van der Waals surface area contributed by atoms with Crippen molar-refractivity contribution in [1.29, 1.82) is 0 Å². The largest absolute Gasteiger partial charge is 0.444 e. The van der Waals surface area contributed by atoms with Gasteiger partial charge in [0.15, 0.2) is 0 Å². The Hall–Kier alpha value is -5.78. The van der Waals surface area contributed by atoms with E-state index in [0.29, 0.717) is 22.3 Å². The van der Waals surface area contributed by atoms with Crippen molar-refractivity contribution in [3.63, 3.8) is 0 Å². The average Bonchev–Trinajstić information content (AvgIpc) is 2.99. The summed E-state index contributed by atoms with van der Waals surface area (Å²) in [6, 6.07) is 22.2. The van der Waals surface area contributed by atoms with Crippen molar-refractivity contribution in [2.75, 3.05) is 10.6 Å². The number of aliphatic imine (C=N–C) groups is 1. The Labute approximate surface area is 298 Å². The summed E-state index contributed by atoms with van der Waals surface area (Å²) in [5, 5.41) is 8.81. The molecule has 0 saturated heterocycles. The molecule has 0 aliphatic carbocycles. The maximum atomic E-state index is 13.0. The molecule has 4 aromatic rings. The number of pyridine rings is 1. The van der Waals surface area contributed by atoms with Gasteiger partial charge in [0.05, 0.1) is 11.1 Å². The number of aromatic nitrogens is 1. The Balaban J connectivity index is 1.40. The molecular formula is C39H45N5O7. The summed E-state index contributed by atoms with van der Waals surface area (Å²) in [6.45, 7) is 16.7. The van der Waals surface area contributed by atoms with E-state index in [4.69, 9.17) is 14.2 Å². The van der Waals surface area contributed by atoms with Gasteiger partial charge in [0, 0.05) is 16.8 Å². The van der Waals surface area contributed by atoms with Crippen molar-refractivity contribution >= 4 is 52.3 Å². The van der Waals surface area contributed by atoms with Crippen molar-refractivity contribution < 1.29 is 33.4 Å². The number of hydrogen-bond acceptors (Lipinski definition) is 8. The molecule has 3 aromatic carbocycles. The van der Waals surface area contributed by atoms with Crippen LogP contribution in [0, 0.1) is 5.41 Å². The number of carbonyl (C=O) groups excluding carboxylic acids is 4. The molecule has 0 fully saturated rings. The molecule has 12 heteroatoms. The lowest BCUT2D eigenvalue weighted by molar-refractivity contribution is 0.0561. The zero-order chi connectivity index (χ0) is 37.6. The van der Waals surface area contributed by atoms with Gasteiger partial charge in [0.1, 0.15) is 22.6 Å². The van der Waals surface area contributed by atoms with E-state index in [0.717, 1.165) is 6.42 Å². The highest BCUT2D eigenvalue weighted by atomic mass is 16.6. The van der Waals surface area contributed by atoms with Crippen LogP contribution in [0.4, 0.5) is 21.0 Å². The van der Waals surface area contributed by atoms with Gasteiger partial charge >= 0.3 is 18.2 Å². The second-order valence-corrected chi connectivity index (χ2v) is 15.1. The molecule has 0 radical (unpaired) electrons. The summed E-state index contributed by atoms with van der Waals surface area (Å²) < 4.78 is 16.1. The number of anilines is 2. The number of rotatable bonds is 6. The molecule has 51 heavy (non-hydrogen) atoms. The smallest absolute Gasteiger partial charge is 0.437 e. The van der Waals surface area contributed by atoms with Gasteiger partial charge in [-0.05, 0) is 120 Å². The van der Waals surface area contributed by atoms with Crippen LogP contribution in [-0.2, 0) is 15.9 Å². The first kappa shape index (κ1) is 38.0. The molecule has 0 aliphatic rings. The zero-order valence-corrected chi connectivity index (χ0v) is 30.5. The molecule has 1 heterocycles. The third-order valence-electron chi connectivity index (χ3n) is 6.65. The van der Waals surface area contributed by atoms with Crippen LogP contribution in [0.5, 0.6) is 5.75 Å². The first-order valence-corrected chi connectivity index (χ1v) is 16.4. The summed E-state index contributed by atoms with van der Waals surface area (Å²) in [4.78, 5) is 59.0. The number of carbonyl (C=O) groups is 4. The number of benzene rings is 3. The van der Waals surface area contributed by atoms with Crippen LogP contribution in [0.3, 0.4) is 0 Å². The van der Waals surface area contributed by atoms with E-state index in [9.17, 15) is 19.2 Å². The molecule has 4 rings (SSSR count). The van der Waals surface area contributed by atoms with Gasteiger partial charge < -0.3 is 24.8 Å². The molecule has 3 amide bonds. The van der Waals surface area contributed by atoms with Crippen LogP contribution in [0.1, 0.15) is 88.7 Å². The fourth-order valence-electron chi connectivity index (χ4n) is 4.66. The van der Waals surface area contributed by atoms with Crippen LogP contribution in [0.15, 0.2) is 83.9 Å². The highest BCUT2D eigenvalue weighted by molar-refractivity contribution is 6.06. The van der Waals surface area contributed by atoms with E-state index in [1.54, 1.807) is 84.0 Å². The van der Waals surface area contributed by atoms with Gasteiger partial charge in [0.2, 0.25) is 5.96 Å². The monoisotopic (exact) mass is 695 g/mol. The highest BCUT2D eigenvalue weighted by Crippen LogP contribution is 2.24. The number of esters is 1. The minimum atomic E-state index is -0.927. The molecule has 268 valence electrons. The van der Waals surface area contributed by atoms with Crippen molar-refractivity contribution in [3.05, 3.63) is 95.7 Å². The number of amides is 3. The zero-order valence-electron chi connectivity index (χ0n) is 30.5. The van der Waals surface area contributed by atoms with Crippen LogP contribution >= 0.6 is 0 Å². The third-order valence-corrected chi connectivity index (χ3v) is 6.65. The van der Waals surface area contributed by atoms with Gasteiger partial charge in [-0.3, -0.25) is 10.1 Å². The lowest BCUT2D eigenvalue weighted by Crippen LogP contribution is -2.40. The first-order valence-electron chi connectivity index (χ1n) is 16.4. The number of nitrogens with one attached hydrogen (secondary N) is 3. The summed E-state index contributed by atoms with van der Waals surface area (Å²) >= 11 is 0. The summed E-state index contributed by atoms with van der Waals surface area (Å²) in [5.41, 5.74) is 1.89. The Kier molecular flexibility index (Phi) is 11.5. The molecule has 1 aromatic heterocycles. The molecule has 0 aliphatic heterocycles. The van der Waals surface area contributed by atoms with Gasteiger partial charge in [-0.2, -0.15) is 0 Å². The van der Waals surface area contributed by atoms with E-state index in [2.05, 4.69) is 46.7 Å². The Morgan fingerprint density at radius 2 is 1.31 bits per heavy atom. The summed E-state index contributed by atoms with van der Waals surface area (Å²) in [7, 11) is 0. The maximum absolute atomic E-state index is 13.0. The number of ether oxygens (including phenoxy) is 3. The van der Waals surface area contributed by atoms with Gasteiger partial charge in [-0.25, -0.2) is 19.4 Å². The number of fused-ring (bicyclic) bond motifs is 1. The summed E-state index contributed by atoms with van der Waals surface area (Å²) in [6.07, 6.45) is -0.830. The molecule has 0 bridgehead atoms. The Bertz CT molecular complexity index is 1930. The van der Waals surface area contributed by atoms with E-state index < -0.39 is 29.4 Å². The topological polar surface area (TPSA) is 157 Å². The second kappa shape index (κ2) is 15.4. The minimum Gasteiger partial charge on any atom is -0.444 e. The highest BCUT2D eigenvalue weighted by Gasteiger charge is 2.21. The van der Waals surface area contributed by atoms with E-state index in [1.807, 2.05) is 24.3 Å². The molecule has 0 unspecified atom stereocenters. The SMILES string of the molecule is CC(C)(C)Cc1ccc(NC(=O)c2ccc3cc(OC(=O)c4ccc(N/C(=N\C(=O)OC(C)(C)C)NC(=O)OC(C)(C)C)cc4)ccc3n2)cc1. The van der Waals surface area contributed by atoms with Crippen molar-refractivity contribution in [2.24, 2.45) is 10.4 Å². The molecule has 0 saturated carbocycles. The lowest BCUT2D eigenvalue weighted by Gasteiger charge is -2.21. The van der Waals surface area contributed by atoms with E-state index in [1.165, 1.54) is 17.7 Å². The van der Waals surface area contributed by atoms with Gasteiger partial charge in [0.25, 0.3) is 5.91 Å². The minimum absolute atomic E-state index is 0.166. The fourth-order valence-corrected chi connectivity index (χ4v) is 4.66. The quantitative estimate of drug-likeness (QED) is 0.0778. The number of alkyl carbamates (subject to hydrolysis) is 1. The standard InChI is InChI=1S/C39H45N5O7/c1-37(2,3)23-24-10-15-27(16-11-24)40-32(45)31-20-14-26-22-29(19-21-30(26)42-31)49-33(46)25-12-17-28(18-13-25)41-34(43-35(47)50-38(4,5)6)44-36(48)51-39(7,8)9/h10-22H,23H2,1-9H3,(H,40,45)(H2,41,43,44,47,48). The average molecular weight is 696 g/mol. The van der Waals surface area contributed by atoms with E-state index >= 15 is 0 Å². The van der Waals surface area contributed by atoms with Crippen LogP contribution in [-0.4, -0.2) is 46.2 Å². The summed E-state index contributed by atoms with van der Waals surface area (Å²) in [5.74, 6) is -0.896. The lowest BCUT2D eigenvalue weighted by atomic mass is 9.88. The number of guanidine groups is 1. The fraction of sp³-hybridized carbons (Fsp3) is 0.333. The molecule has 12 nitrogen and oxygen atoms in total. The van der Waals surface area contributed by atoms with Crippen LogP contribution in [0.25, 0.3) is 10.9 Å². The molecular weight excluding hydrogens is 650 g/mol. The van der Waals surface area contributed by atoms with Crippen LogP contribution in [0.2, 0.25) is 0 Å². The van der Waals surface area contributed by atoms with Crippen molar-refractivity contribution in [1.82, 2.24) is 10.3 Å². The van der Waals surface area contributed by atoms with Crippen molar-refractivity contribution in [2.45, 2.75) is 79.9 Å². The first-order chi connectivity index (χ1) is 23.7. The predicted molar refractivity (Wildman–Crippen MR) is 197 cm³/mol. The Morgan fingerprint density at radius 1 is 0.706 bits per heavy atom. The Morgan fingerprint density at radius 3 is 1.92 bits per heavy atom. The van der Waals surface area contributed by atoms with Gasteiger partial charge in [-0.1, -0.05) is 39.0 Å². The predicted octanol–water partition coefficient (Wildman–Crippen LogP) is 8.52. The molecule has 0 spiro atoms. The number of hydrogen-bond donors (Lipinski definition) is 3. The maximum Gasteiger partial charge on any atom is 0.437 e. The van der Waals surface area contributed by atoms with E-state index in [-0.39, 0.29) is 34.3 Å². The number of nitrogens with zero attached hydrogens (tertiary/aromatic N) is 2. The molecule has 0 atom stereocenters. The normalized spacial score (nSPS) is 12.1. The third kappa shape index (κ3) is 12.6. The van der Waals surface area contributed by atoms with Crippen LogP contribution < -0.4 is 20.7 Å².